The second-order valence-corrected chi connectivity index (χ2v) is 8.30. The van der Waals surface area contributed by atoms with Crippen molar-refractivity contribution < 1.29 is 23.2 Å². The lowest BCUT2D eigenvalue weighted by atomic mass is 9.97. The fraction of sp³-hybridized carbons (Fsp3) is 0.375. The summed E-state index contributed by atoms with van der Waals surface area (Å²) >= 11 is 6.39. The van der Waals surface area contributed by atoms with Gasteiger partial charge < -0.3 is 18.9 Å². The molecule has 1 atom stereocenters. The number of nitrogens with zero attached hydrogens (tertiary/aromatic N) is 3. The molecule has 0 radical (unpaired) electrons. The van der Waals surface area contributed by atoms with Gasteiger partial charge in [0.05, 0.1) is 24.7 Å². The smallest absolute Gasteiger partial charge is 0.254 e. The number of hydrogen-bond donors (Lipinski definition) is 0. The summed E-state index contributed by atoms with van der Waals surface area (Å²) in [5.74, 6) is 1.15. The van der Waals surface area contributed by atoms with E-state index in [0.29, 0.717) is 59.1 Å². The van der Waals surface area contributed by atoms with E-state index < -0.39 is 0 Å². The van der Waals surface area contributed by atoms with E-state index in [-0.39, 0.29) is 17.6 Å². The maximum atomic E-state index is 13.2. The zero-order valence-electron chi connectivity index (χ0n) is 18.5. The monoisotopic (exact) mass is 473 g/mol. The highest BCUT2D eigenvalue weighted by molar-refractivity contribution is 6.32. The Morgan fingerprint density at radius 3 is 2.82 bits per heavy atom. The third kappa shape index (κ3) is 5.11. The molecule has 1 amide bonds. The predicted octanol–water partition coefficient (Wildman–Crippen LogP) is 5.35. The molecule has 1 aliphatic heterocycles. The highest BCUT2D eigenvalue weighted by atomic mass is 35.5. The van der Waals surface area contributed by atoms with Gasteiger partial charge in [-0.1, -0.05) is 23.7 Å². The summed E-state index contributed by atoms with van der Waals surface area (Å²) in [7, 11) is 1.52. The van der Waals surface area contributed by atoms with Gasteiger partial charge in [-0.3, -0.25) is 4.79 Å². The highest BCUT2D eigenvalue weighted by Crippen LogP contribution is 2.37. The Balaban J connectivity index is 1.50. The predicted molar refractivity (Wildman–Crippen MR) is 121 cm³/mol. The van der Waals surface area contributed by atoms with Crippen molar-refractivity contribution >= 4 is 17.5 Å². The van der Waals surface area contributed by atoms with Crippen LogP contribution in [0.5, 0.6) is 11.5 Å². The minimum absolute atomic E-state index is 0.0890. The fourth-order valence-electron chi connectivity index (χ4n) is 3.85. The summed E-state index contributed by atoms with van der Waals surface area (Å²) in [6.07, 6.45) is 2.45. The van der Waals surface area contributed by atoms with Gasteiger partial charge in [0.2, 0.25) is 11.7 Å². The van der Waals surface area contributed by atoms with Crippen LogP contribution in [0.15, 0.2) is 40.9 Å². The minimum atomic E-state index is -0.328. The quantitative estimate of drug-likeness (QED) is 0.460. The first kappa shape index (κ1) is 23.0. The average Bonchev–Trinajstić information content (AvgIpc) is 3.33. The Morgan fingerprint density at radius 2 is 2.09 bits per heavy atom. The molecule has 0 spiro atoms. The molecular weight excluding hydrogens is 449 g/mol. The van der Waals surface area contributed by atoms with Crippen LogP contribution < -0.4 is 9.47 Å². The lowest BCUT2D eigenvalue weighted by Gasteiger charge is -2.31. The van der Waals surface area contributed by atoms with E-state index in [0.717, 1.165) is 19.3 Å². The number of aromatic nitrogens is 2. The minimum Gasteiger partial charge on any atom is -0.493 e. The van der Waals surface area contributed by atoms with Crippen LogP contribution in [0.3, 0.4) is 0 Å². The number of hydrogen-bond acceptors (Lipinski definition) is 6. The van der Waals surface area contributed by atoms with Gasteiger partial charge in [-0.15, -0.1) is 0 Å². The largest absolute Gasteiger partial charge is 0.493 e. The summed E-state index contributed by atoms with van der Waals surface area (Å²) in [5, 5.41) is 4.36. The van der Waals surface area contributed by atoms with Crippen LogP contribution in [0.1, 0.15) is 48.4 Å². The molecule has 33 heavy (non-hydrogen) atoms. The normalized spacial score (nSPS) is 16.0. The standard InChI is InChI=1S/C24H25ClFN3O4/c1-3-11-32-21-19(25)12-17(13-20(21)31-2)24(30)29-10-4-5-16(14-29)23-27-22(28-33-23)15-6-8-18(26)9-7-15/h6-9,12-13,16H,3-5,10-11,14H2,1-2H3/t16-/m1/s1. The van der Waals surface area contributed by atoms with Crippen LogP contribution in [0.2, 0.25) is 5.02 Å². The van der Waals surface area contributed by atoms with Crippen LogP contribution in [0.25, 0.3) is 11.4 Å². The number of methoxy groups -OCH3 is 1. The number of halogens is 2. The number of piperidine rings is 1. The number of amides is 1. The number of rotatable bonds is 7. The molecule has 2 aromatic carbocycles. The Morgan fingerprint density at radius 1 is 1.30 bits per heavy atom. The van der Waals surface area contributed by atoms with Crippen molar-refractivity contribution in [2.45, 2.75) is 32.1 Å². The zero-order chi connectivity index (χ0) is 23.4. The van der Waals surface area contributed by atoms with Gasteiger partial charge in [-0.05, 0) is 55.7 Å². The molecular formula is C24H25ClFN3O4. The molecule has 1 saturated heterocycles. The summed E-state index contributed by atoms with van der Waals surface area (Å²) in [6.45, 7) is 3.55. The van der Waals surface area contributed by atoms with E-state index in [4.69, 9.17) is 25.6 Å². The lowest BCUT2D eigenvalue weighted by molar-refractivity contribution is 0.0695. The van der Waals surface area contributed by atoms with E-state index >= 15 is 0 Å². The van der Waals surface area contributed by atoms with Crippen molar-refractivity contribution in [3.8, 4) is 22.9 Å². The molecule has 0 N–H and O–H groups in total. The molecule has 1 fully saturated rings. The van der Waals surface area contributed by atoms with E-state index in [1.165, 1.54) is 19.2 Å². The number of carbonyl (C=O) groups excluding carboxylic acids is 1. The maximum Gasteiger partial charge on any atom is 0.254 e. The Bertz CT molecular complexity index is 1120. The maximum absolute atomic E-state index is 13.2. The van der Waals surface area contributed by atoms with Crippen LogP contribution >= 0.6 is 11.6 Å². The molecule has 0 bridgehead atoms. The summed E-state index contributed by atoms with van der Waals surface area (Å²) in [6, 6.07) is 9.18. The number of ether oxygens (including phenoxy) is 2. The molecule has 174 valence electrons. The first-order valence-electron chi connectivity index (χ1n) is 10.9. The van der Waals surface area contributed by atoms with Gasteiger partial charge in [-0.2, -0.15) is 4.98 Å². The van der Waals surface area contributed by atoms with Crippen LogP contribution in [-0.2, 0) is 0 Å². The molecule has 0 aliphatic carbocycles. The van der Waals surface area contributed by atoms with Crippen molar-refractivity contribution in [1.82, 2.24) is 15.0 Å². The lowest BCUT2D eigenvalue weighted by Crippen LogP contribution is -2.39. The molecule has 9 heteroatoms. The molecule has 4 rings (SSSR count). The molecule has 3 aromatic rings. The van der Waals surface area contributed by atoms with Gasteiger partial charge in [0.25, 0.3) is 5.91 Å². The van der Waals surface area contributed by atoms with Crippen LogP contribution in [0, 0.1) is 5.82 Å². The van der Waals surface area contributed by atoms with E-state index in [2.05, 4.69) is 10.1 Å². The Labute approximate surface area is 196 Å². The summed E-state index contributed by atoms with van der Waals surface area (Å²) < 4.78 is 29.7. The van der Waals surface area contributed by atoms with E-state index in [1.807, 2.05) is 6.92 Å². The van der Waals surface area contributed by atoms with Gasteiger partial charge in [-0.25, -0.2) is 4.39 Å². The zero-order valence-corrected chi connectivity index (χ0v) is 19.3. The van der Waals surface area contributed by atoms with Crippen molar-refractivity contribution in [1.29, 1.82) is 0 Å². The first-order chi connectivity index (χ1) is 16.0. The van der Waals surface area contributed by atoms with Crippen LogP contribution in [0.4, 0.5) is 4.39 Å². The Hall–Kier alpha value is -3.13. The SMILES string of the molecule is CCCOc1c(Cl)cc(C(=O)N2CCC[C@@H](c3nc(-c4ccc(F)cc4)no3)C2)cc1OC. The van der Waals surface area contributed by atoms with Gasteiger partial charge in [0.15, 0.2) is 11.5 Å². The van der Waals surface area contributed by atoms with Gasteiger partial charge >= 0.3 is 0 Å². The van der Waals surface area contributed by atoms with E-state index in [1.54, 1.807) is 29.2 Å². The summed E-state index contributed by atoms with van der Waals surface area (Å²) in [5.41, 5.74) is 1.10. The molecule has 0 saturated carbocycles. The number of likely N-dealkylation sites (tertiary alicyclic amines) is 1. The number of carbonyl (C=O) groups is 1. The van der Waals surface area contributed by atoms with Gasteiger partial charge in [0, 0.05) is 24.2 Å². The van der Waals surface area contributed by atoms with Gasteiger partial charge in [0.1, 0.15) is 5.82 Å². The van der Waals surface area contributed by atoms with Crippen molar-refractivity contribution in [2.24, 2.45) is 0 Å². The third-order valence-corrected chi connectivity index (χ3v) is 5.81. The van der Waals surface area contributed by atoms with Crippen molar-refractivity contribution in [3.63, 3.8) is 0 Å². The topological polar surface area (TPSA) is 77.7 Å². The number of benzene rings is 2. The first-order valence-corrected chi connectivity index (χ1v) is 11.3. The van der Waals surface area contributed by atoms with Crippen LogP contribution in [-0.4, -0.2) is 47.8 Å². The molecule has 7 nitrogen and oxygen atoms in total. The molecule has 2 heterocycles. The van der Waals surface area contributed by atoms with Crippen molar-refractivity contribution in [2.75, 3.05) is 26.8 Å². The van der Waals surface area contributed by atoms with E-state index in [9.17, 15) is 9.18 Å². The molecule has 0 unspecified atom stereocenters. The van der Waals surface area contributed by atoms with Crippen molar-refractivity contribution in [3.05, 3.63) is 58.7 Å². The third-order valence-electron chi connectivity index (χ3n) is 5.53. The fourth-order valence-corrected chi connectivity index (χ4v) is 4.12. The second kappa shape index (κ2) is 10.2. The molecule has 1 aromatic heterocycles. The second-order valence-electron chi connectivity index (χ2n) is 7.89. The highest BCUT2D eigenvalue weighted by Gasteiger charge is 2.30. The molecule has 1 aliphatic rings. The summed E-state index contributed by atoms with van der Waals surface area (Å²) in [4.78, 5) is 19.5. The average molecular weight is 474 g/mol. The Kier molecular flexibility index (Phi) is 7.13.